The Balaban J connectivity index is 0.953. The van der Waals surface area contributed by atoms with Gasteiger partial charge in [-0.05, 0) is 91.9 Å². The second-order valence-electron chi connectivity index (χ2n) is 13.5. The minimum Gasteiger partial charge on any atom is -0.493 e. The first kappa shape index (κ1) is 36.7. The van der Waals surface area contributed by atoms with E-state index in [1.807, 2.05) is 42.2 Å². The van der Waals surface area contributed by atoms with Gasteiger partial charge in [0, 0.05) is 50.8 Å². The molecular weight excluding hydrogens is 670 g/mol. The van der Waals surface area contributed by atoms with E-state index in [2.05, 4.69) is 91.3 Å². The molecule has 1 atom stereocenters. The number of rotatable bonds is 13. The molecule has 268 valence electrons. The van der Waals surface area contributed by atoms with Gasteiger partial charge in [-0.2, -0.15) is 0 Å². The van der Waals surface area contributed by atoms with Crippen molar-refractivity contribution < 1.29 is 19.0 Å². The van der Waals surface area contributed by atoms with Gasteiger partial charge >= 0.3 is 0 Å². The highest BCUT2D eigenvalue weighted by Crippen LogP contribution is 2.34. The molecule has 4 aromatic carbocycles. The van der Waals surface area contributed by atoms with Gasteiger partial charge in [-0.25, -0.2) is 4.98 Å². The van der Waals surface area contributed by atoms with E-state index in [4.69, 9.17) is 25.8 Å². The molecule has 6 rings (SSSR count). The maximum Gasteiger partial charge on any atom is 0.246 e. The SMILES string of the molecule is Cc1ccc(COc2ccc(Oc3c(C)cc(C=CC(=O)N4CCN(Cc5ccc(CCOc6ccc(C)cc6)cc5)C[C@@H]4C)cc3Cl)nc2)cc1. The number of hydrogen-bond acceptors (Lipinski definition) is 6. The second kappa shape index (κ2) is 17.4. The predicted molar refractivity (Wildman–Crippen MR) is 208 cm³/mol. The molecule has 8 heteroatoms. The lowest BCUT2D eigenvalue weighted by Gasteiger charge is -2.39. The molecule has 2 heterocycles. The first-order chi connectivity index (χ1) is 25.2. The van der Waals surface area contributed by atoms with Crippen molar-refractivity contribution in [1.82, 2.24) is 14.8 Å². The number of carbonyl (C=O) groups is 1. The lowest BCUT2D eigenvalue weighted by molar-refractivity contribution is -0.130. The number of piperazine rings is 1. The molecule has 1 aliphatic heterocycles. The normalized spacial score (nSPS) is 14.8. The quantitative estimate of drug-likeness (QED) is 0.113. The van der Waals surface area contributed by atoms with Gasteiger partial charge in [-0.3, -0.25) is 9.69 Å². The van der Waals surface area contributed by atoms with Crippen LogP contribution >= 0.6 is 11.6 Å². The molecule has 7 nitrogen and oxygen atoms in total. The van der Waals surface area contributed by atoms with Crippen molar-refractivity contribution in [3.05, 3.63) is 153 Å². The zero-order valence-corrected chi connectivity index (χ0v) is 31.1. The molecule has 1 aliphatic rings. The van der Waals surface area contributed by atoms with Crippen LogP contribution in [0.5, 0.6) is 23.1 Å². The third-order valence-corrected chi connectivity index (χ3v) is 9.50. The van der Waals surface area contributed by atoms with Gasteiger partial charge in [-0.1, -0.05) is 83.4 Å². The number of amides is 1. The topological polar surface area (TPSA) is 64.1 Å². The van der Waals surface area contributed by atoms with E-state index in [1.165, 1.54) is 22.3 Å². The van der Waals surface area contributed by atoms with E-state index in [1.54, 1.807) is 24.4 Å². The highest BCUT2D eigenvalue weighted by molar-refractivity contribution is 6.32. The van der Waals surface area contributed by atoms with Gasteiger partial charge in [0.15, 0.2) is 5.75 Å². The molecule has 0 spiro atoms. The van der Waals surface area contributed by atoms with Crippen LogP contribution in [0.15, 0.2) is 109 Å². The third kappa shape index (κ3) is 10.2. The van der Waals surface area contributed by atoms with Crippen LogP contribution in [-0.2, 0) is 24.4 Å². The smallest absolute Gasteiger partial charge is 0.246 e. The van der Waals surface area contributed by atoms with Gasteiger partial charge in [0.1, 0.15) is 18.1 Å². The summed E-state index contributed by atoms with van der Waals surface area (Å²) < 4.78 is 17.8. The highest BCUT2D eigenvalue weighted by atomic mass is 35.5. The highest BCUT2D eigenvalue weighted by Gasteiger charge is 2.26. The van der Waals surface area contributed by atoms with Crippen molar-refractivity contribution in [2.75, 3.05) is 26.2 Å². The molecule has 0 aliphatic carbocycles. The molecule has 1 aromatic heterocycles. The zero-order valence-electron chi connectivity index (χ0n) is 30.3. The number of aromatic nitrogens is 1. The zero-order chi connectivity index (χ0) is 36.5. The summed E-state index contributed by atoms with van der Waals surface area (Å²) in [7, 11) is 0. The minimum absolute atomic E-state index is 0.00709. The first-order valence-corrected chi connectivity index (χ1v) is 18.2. The number of pyridine rings is 1. The fourth-order valence-electron chi connectivity index (χ4n) is 6.21. The van der Waals surface area contributed by atoms with E-state index in [0.29, 0.717) is 42.2 Å². The van der Waals surface area contributed by atoms with Crippen LogP contribution in [0, 0.1) is 20.8 Å². The Morgan fingerprint density at radius 3 is 2.17 bits per heavy atom. The number of hydrogen-bond donors (Lipinski definition) is 0. The van der Waals surface area contributed by atoms with Crippen molar-refractivity contribution >= 4 is 23.6 Å². The van der Waals surface area contributed by atoms with Crippen LogP contribution in [0.4, 0.5) is 0 Å². The molecule has 5 aromatic rings. The molecule has 1 saturated heterocycles. The first-order valence-electron chi connectivity index (χ1n) is 17.8. The maximum atomic E-state index is 13.3. The van der Waals surface area contributed by atoms with E-state index < -0.39 is 0 Å². The molecule has 0 unspecified atom stereocenters. The molecule has 1 amide bonds. The lowest BCUT2D eigenvalue weighted by Crippen LogP contribution is -2.53. The van der Waals surface area contributed by atoms with Crippen LogP contribution in [0.3, 0.4) is 0 Å². The van der Waals surface area contributed by atoms with Crippen LogP contribution in [0.1, 0.15) is 45.9 Å². The summed E-state index contributed by atoms with van der Waals surface area (Å²) in [5, 5.41) is 0.444. The Morgan fingerprint density at radius 1 is 0.827 bits per heavy atom. The molecule has 52 heavy (non-hydrogen) atoms. The van der Waals surface area contributed by atoms with E-state index >= 15 is 0 Å². The number of ether oxygens (including phenoxy) is 3. The number of aryl methyl sites for hydroxylation is 3. The summed E-state index contributed by atoms with van der Waals surface area (Å²) in [6.07, 6.45) is 5.95. The van der Waals surface area contributed by atoms with Crippen molar-refractivity contribution in [2.45, 2.75) is 53.3 Å². The van der Waals surface area contributed by atoms with E-state index in [0.717, 1.165) is 48.5 Å². The fraction of sp³-hybridized carbons (Fsp3) is 0.273. The largest absolute Gasteiger partial charge is 0.493 e. The number of nitrogens with zero attached hydrogens (tertiary/aromatic N) is 3. The number of benzene rings is 4. The third-order valence-electron chi connectivity index (χ3n) is 9.22. The molecule has 0 bridgehead atoms. The standard InChI is InChI=1S/C44H46ClN3O4/c1-31-5-9-37(10-6-31)30-51-40-18-19-42(46-27-40)52-44-33(3)25-38(26-41(44)45)15-20-43(49)48-23-22-47(28-34(48)4)29-36-13-11-35(12-14-36)21-24-50-39-16-7-32(2)8-17-39/h5-20,25-27,34H,21-24,28-30H2,1-4H3/t34-/m0/s1. The summed E-state index contributed by atoms with van der Waals surface area (Å²) in [5.74, 6) is 2.49. The van der Waals surface area contributed by atoms with Crippen LogP contribution < -0.4 is 14.2 Å². The summed E-state index contributed by atoms with van der Waals surface area (Å²) in [6.45, 7) is 12.4. The second-order valence-corrected chi connectivity index (χ2v) is 13.9. The molecule has 1 fully saturated rings. The molecule has 0 radical (unpaired) electrons. The summed E-state index contributed by atoms with van der Waals surface area (Å²) >= 11 is 6.65. The molecular formula is C44H46ClN3O4. The average molecular weight is 716 g/mol. The number of halogens is 1. The van der Waals surface area contributed by atoms with Crippen molar-refractivity contribution in [1.29, 1.82) is 0 Å². The number of carbonyl (C=O) groups excluding carboxylic acids is 1. The van der Waals surface area contributed by atoms with Crippen molar-refractivity contribution in [2.24, 2.45) is 0 Å². The van der Waals surface area contributed by atoms with Crippen molar-refractivity contribution in [3.63, 3.8) is 0 Å². The molecule has 0 N–H and O–H groups in total. The Labute approximate surface area is 312 Å². The van der Waals surface area contributed by atoms with Crippen LogP contribution in [-0.4, -0.2) is 53.0 Å². The Bertz CT molecular complexity index is 1940. The summed E-state index contributed by atoms with van der Waals surface area (Å²) in [6, 6.07) is 32.6. The minimum atomic E-state index is -0.00709. The summed E-state index contributed by atoms with van der Waals surface area (Å²) in [5.41, 5.74) is 7.72. The van der Waals surface area contributed by atoms with Crippen LogP contribution in [0.2, 0.25) is 5.02 Å². The predicted octanol–water partition coefficient (Wildman–Crippen LogP) is 9.40. The van der Waals surface area contributed by atoms with Gasteiger partial charge in [-0.15, -0.1) is 0 Å². The monoisotopic (exact) mass is 715 g/mol. The average Bonchev–Trinajstić information content (AvgIpc) is 3.14. The fourth-order valence-corrected chi connectivity index (χ4v) is 6.52. The van der Waals surface area contributed by atoms with E-state index in [-0.39, 0.29) is 11.9 Å². The van der Waals surface area contributed by atoms with Gasteiger partial charge in [0.2, 0.25) is 11.8 Å². The summed E-state index contributed by atoms with van der Waals surface area (Å²) in [4.78, 5) is 22.0. The Morgan fingerprint density at radius 2 is 1.50 bits per heavy atom. The Hall–Kier alpha value is -5.11. The van der Waals surface area contributed by atoms with Gasteiger partial charge in [0.25, 0.3) is 0 Å². The van der Waals surface area contributed by atoms with Crippen LogP contribution in [0.25, 0.3) is 6.08 Å². The van der Waals surface area contributed by atoms with Gasteiger partial charge in [0.05, 0.1) is 17.8 Å². The van der Waals surface area contributed by atoms with Crippen molar-refractivity contribution in [3.8, 4) is 23.1 Å². The van der Waals surface area contributed by atoms with E-state index in [9.17, 15) is 4.79 Å². The lowest BCUT2D eigenvalue weighted by atomic mass is 10.1. The van der Waals surface area contributed by atoms with Gasteiger partial charge < -0.3 is 19.1 Å². The molecule has 0 saturated carbocycles. The Kier molecular flexibility index (Phi) is 12.3. The maximum absolute atomic E-state index is 13.3.